The van der Waals surface area contributed by atoms with Crippen LogP contribution in [0.1, 0.15) is 12.5 Å². The smallest absolute Gasteiger partial charge is 0.339 e. The Bertz CT molecular complexity index is 1030. The molecule has 1 spiro atoms. The molecule has 158 valence electrons. The van der Waals surface area contributed by atoms with E-state index >= 15 is 0 Å². The highest BCUT2D eigenvalue weighted by Crippen LogP contribution is 2.53. The van der Waals surface area contributed by atoms with E-state index < -0.39 is 29.3 Å². The molecule has 2 aliphatic rings. The molecule has 0 fully saturated rings. The Morgan fingerprint density at radius 3 is 2.23 bits per heavy atom. The fourth-order valence-electron chi connectivity index (χ4n) is 3.84. The van der Waals surface area contributed by atoms with E-state index in [1.807, 2.05) is 0 Å². The number of fused-ring (bicyclic) bond motifs is 2. The average molecular weight is 416 g/mol. The zero-order chi connectivity index (χ0) is 22.2. The molecule has 1 atom stereocenters. The van der Waals surface area contributed by atoms with Crippen LogP contribution in [0.15, 0.2) is 47.0 Å². The second kappa shape index (κ2) is 7.54. The SMILES string of the molecule is COC(=O)CN1C(N)=C(C(=O)OC)[C@]2(C(=O)OC(C)=C2C(=O)OC)c2ccccc21. The van der Waals surface area contributed by atoms with Gasteiger partial charge in [0, 0.05) is 11.3 Å². The number of ether oxygens (including phenoxy) is 4. The van der Waals surface area contributed by atoms with Crippen molar-refractivity contribution in [2.24, 2.45) is 5.73 Å². The molecule has 2 N–H and O–H groups in total. The first-order valence-electron chi connectivity index (χ1n) is 8.79. The van der Waals surface area contributed by atoms with Crippen LogP contribution in [-0.4, -0.2) is 51.8 Å². The highest BCUT2D eigenvalue weighted by molar-refractivity contribution is 6.16. The lowest BCUT2D eigenvalue weighted by atomic mass is 9.66. The maximum Gasteiger partial charge on any atom is 0.339 e. The normalized spacial score (nSPS) is 20.1. The number of carbonyl (C=O) groups excluding carboxylic acids is 4. The van der Waals surface area contributed by atoms with E-state index in [4.69, 9.17) is 24.7 Å². The lowest BCUT2D eigenvalue weighted by molar-refractivity contribution is -0.146. The number of esters is 4. The second-order valence-corrected chi connectivity index (χ2v) is 6.49. The number of rotatable bonds is 4. The molecule has 0 saturated heterocycles. The summed E-state index contributed by atoms with van der Waals surface area (Å²) in [5.74, 6) is -3.67. The molecule has 0 unspecified atom stereocenters. The molecule has 1 aromatic carbocycles. The summed E-state index contributed by atoms with van der Waals surface area (Å²) in [6, 6.07) is 6.40. The van der Waals surface area contributed by atoms with Gasteiger partial charge in [-0.15, -0.1) is 0 Å². The molecule has 30 heavy (non-hydrogen) atoms. The van der Waals surface area contributed by atoms with Crippen molar-refractivity contribution in [3.8, 4) is 0 Å². The number of para-hydroxylation sites is 1. The maximum absolute atomic E-state index is 13.2. The first-order valence-corrected chi connectivity index (χ1v) is 8.79. The van der Waals surface area contributed by atoms with Gasteiger partial charge in [0.05, 0.1) is 21.3 Å². The summed E-state index contributed by atoms with van der Waals surface area (Å²) in [7, 11) is 3.45. The number of hydrogen-bond donors (Lipinski definition) is 1. The Hall–Kier alpha value is -3.82. The van der Waals surface area contributed by atoms with E-state index in [1.165, 1.54) is 25.0 Å². The van der Waals surface area contributed by atoms with Gasteiger partial charge in [0.15, 0.2) is 5.41 Å². The minimum absolute atomic E-state index is 0.0303. The van der Waals surface area contributed by atoms with Crippen LogP contribution >= 0.6 is 0 Å². The van der Waals surface area contributed by atoms with Gasteiger partial charge in [0.1, 0.15) is 29.3 Å². The van der Waals surface area contributed by atoms with Crippen LogP contribution in [0.25, 0.3) is 0 Å². The first kappa shape index (κ1) is 20.9. The molecule has 0 aliphatic carbocycles. The van der Waals surface area contributed by atoms with Crippen molar-refractivity contribution in [1.29, 1.82) is 0 Å². The van der Waals surface area contributed by atoms with Crippen molar-refractivity contribution in [3.63, 3.8) is 0 Å². The van der Waals surface area contributed by atoms with Crippen molar-refractivity contribution < 1.29 is 38.1 Å². The van der Waals surface area contributed by atoms with Crippen LogP contribution < -0.4 is 10.6 Å². The van der Waals surface area contributed by atoms with E-state index in [0.717, 1.165) is 14.2 Å². The molecule has 10 nitrogen and oxygen atoms in total. The van der Waals surface area contributed by atoms with Gasteiger partial charge in [0.2, 0.25) is 0 Å². The molecular weight excluding hydrogens is 396 g/mol. The monoisotopic (exact) mass is 416 g/mol. The fourth-order valence-corrected chi connectivity index (χ4v) is 3.84. The predicted octanol–water partition coefficient (Wildman–Crippen LogP) is 0.265. The van der Waals surface area contributed by atoms with Gasteiger partial charge < -0.3 is 29.6 Å². The van der Waals surface area contributed by atoms with E-state index in [1.54, 1.807) is 18.2 Å². The number of benzene rings is 1. The van der Waals surface area contributed by atoms with E-state index in [-0.39, 0.29) is 34.8 Å². The molecule has 10 heteroatoms. The first-order chi connectivity index (χ1) is 14.2. The summed E-state index contributed by atoms with van der Waals surface area (Å²) >= 11 is 0. The summed E-state index contributed by atoms with van der Waals surface area (Å²) in [5.41, 5.74) is 4.27. The largest absolute Gasteiger partial charge is 0.468 e. The van der Waals surface area contributed by atoms with Gasteiger partial charge in [0.25, 0.3) is 0 Å². The van der Waals surface area contributed by atoms with Gasteiger partial charge in [-0.25, -0.2) is 14.4 Å². The van der Waals surface area contributed by atoms with Gasteiger partial charge >= 0.3 is 23.9 Å². The number of hydrogen-bond acceptors (Lipinski definition) is 10. The number of nitrogens with zero attached hydrogens (tertiary/aromatic N) is 1. The average Bonchev–Trinajstić information content (AvgIpc) is 3.00. The van der Waals surface area contributed by atoms with Crippen molar-refractivity contribution >= 4 is 29.6 Å². The Morgan fingerprint density at radius 2 is 1.63 bits per heavy atom. The van der Waals surface area contributed by atoms with E-state index in [9.17, 15) is 19.2 Å². The van der Waals surface area contributed by atoms with Crippen LogP contribution in [0.3, 0.4) is 0 Å². The number of methoxy groups -OCH3 is 3. The number of nitrogens with two attached hydrogens (primary N) is 1. The Morgan fingerprint density at radius 1 is 1.03 bits per heavy atom. The molecule has 1 aromatic rings. The standard InChI is InChI=1S/C20H20N2O8/c1-10-14(17(24)28-3)20(19(26)30-10)11-7-5-6-8-12(11)22(9-13(23)27-2)16(21)15(20)18(25)29-4/h5-8H,9,21H2,1-4H3/t20-/m0/s1. The number of cyclic esters (lactones) is 1. The molecule has 2 aliphatic heterocycles. The summed E-state index contributed by atoms with van der Waals surface area (Å²) in [6.07, 6.45) is 0. The van der Waals surface area contributed by atoms with Gasteiger partial charge in [-0.05, 0) is 13.0 Å². The van der Waals surface area contributed by atoms with Crippen molar-refractivity contribution in [2.45, 2.75) is 12.3 Å². The predicted molar refractivity (Wildman–Crippen MR) is 102 cm³/mol. The fraction of sp³-hybridized carbons (Fsp3) is 0.300. The Labute approximate surface area is 171 Å². The minimum atomic E-state index is -2.02. The molecule has 3 rings (SSSR count). The Kier molecular flexibility index (Phi) is 5.26. The third-order valence-electron chi connectivity index (χ3n) is 5.09. The van der Waals surface area contributed by atoms with Crippen LogP contribution in [-0.2, 0) is 43.5 Å². The van der Waals surface area contributed by atoms with Crippen LogP contribution in [0.5, 0.6) is 0 Å². The molecule has 0 bridgehead atoms. The Balaban J connectivity index is 2.45. The second-order valence-electron chi connectivity index (χ2n) is 6.49. The highest BCUT2D eigenvalue weighted by Gasteiger charge is 2.63. The summed E-state index contributed by atoms with van der Waals surface area (Å²) in [5, 5.41) is 0. The lowest BCUT2D eigenvalue weighted by Gasteiger charge is -2.40. The third-order valence-corrected chi connectivity index (χ3v) is 5.09. The maximum atomic E-state index is 13.2. The van der Waals surface area contributed by atoms with Crippen molar-refractivity contribution in [2.75, 3.05) is 32.8 Å². The van der Waals surface area contributed by atoms with E-state index in [0.29, 0.717) is 5.69 Å². The molecule has 0 amide bonds. The van der Waals surface area contributed by atoms with Gasteiger partial charge in [-0.3, -0.25) is 4.79 Å². The molecule has 0 saturated carbocycles. The number of allylic oxidation sites excluding steroid dienone is 1. The third kappa shape index (κ3) is 2.71. The van der Waals surface area contributed by atoms with E-state index in [2.05, 4.69) is 0 Å². The van der Waals surface area contributed by atoms with Crippen LogP contribution in [0.2, 0.25) is 0 Å². The minimum Gasteiger partial charge on any atom is -0.468 e. The molecular formula is C20H20N2O8. The number of carbonyl (C=O) groups is 4. The van der Waals surface area contributed by atoms with Gasteiger partial charge in [-0.2, -0.15) is 0 Å². The zero-order valence-electron chi connectivity index (χ0n) is 16.8. The lowest BCUT2D eigenvalue weighted by Crippen LogP contribution is -2.51. The van der Waals surface area contributed by atoms with Gasteiger partial charge in [-0.1, -0.05) is 18.2 Å². The molecule has 0 radical (unpaired) electrons. The van der Waals surface area contributed by atoms with Crippen LogP contribution in [0, 0.1) is 0 Å². The summed E-state index contributed by atoms with van der Waals surface area (Å²) < 4.78 is 19.8. The number of anilines is 1. The van der Waals surface area contributed by atoms with Crippen LogP contribution in [0.4, 0.5) is 5.69 Å². The quantitative estimate of drug-likeness (QED) is 0.538. The van der Waals surface area contributed by atoms with Crippen molar-refractivity contribution in [3.05, 3.63) is 52.6 Å². The summed E-state index contributed by atoms with van der Waals surface area (Å²) in [4.78, 5) is 52.1. The summed E-state index contributed by atoms with van der Waals surface area (Å²) in [6.45, 7) is 1.06. The zero-order valence-corrected chi connectivity index (χ0v) is 16.8. The highest BCUT2D eigenvalue weighted by atomic mass is 16.6. The molecule has 2 heterocycles. The topological polar surface area (TPSA) is 134 Å². The van der Waals surface area contributed by atoms with Crippen molar-refractivity contribution in [1.82, 2.24) is 0 Å². The molecule has 0 aromatic heterocycles.